The maximum absolute atomic E-state index is 13.0. The van der Waals surface area contributed by atoms with Crippen molar-refractivity contribution in [3.63, 3.8) is 0 Å². The fourth-order valence-electron chi connectivity index (χ4n) is 4.93. The summed E-state index contributed by atoms with van der Waals surface area (Å²) in [5.41, 5.74) is 4.83. The number of carbonyl (C=O) groups excluding carboxylic acids is 1. The summed E-state index contributed by atoms with van der Waals surface area (Å²) in [6.45, 7) is 0.708. The van der Waals surface area contributed by atoms with E-state index in [-0.39, 0.29) is 5.41 Å². The Bertz CT molecular complexity index is 1040. The van der Waals surface area contributed by atoms with Gasteiger partial charge in [-0.05, 0) is 66.1 Å². The van der Waals surface area contributed by atoms with Crippen molar-refractivity contribution in [3.8, 4) is 5.75 Å². The van der Waals surface area contributed by atoms with Crippen LogP contribution >= 0.6 is 15.9 Å². The highest BCUT2D eigenvalue weighted by Gasteiger charge is 2.47. The summed E-state index contributed by atoms with van der Waals surface area (Å²) in [4.78, 5) is 13.0. The number of methoxy groups -OCH3 is 1. The van der Waals surface area contributed by atoms with E-state index in [0.717, 1.165) is 22.3 Å². The number of halogens is 1. The normalized spacial score (nSPS) is 17.8. The van der Waals surface area contributed by atoms with E-state index < -0.39 is 0 Å². The Morgan fingerprint density at radius 1 is 1.11 bits per heavy atom. The van der Waals surface area contributed by atoms with Crippen molar-refractivity contribution in [3.05, 3.63) is 63.8 Å². The molecule has 0 atom stereocenters. The van der Waals surface area contributed by atoms with Gasteiger partial charge in [0, 0.05) is 28.3 Å². The van der Waals surface area contributed by atoms with Gasteiger partial charge in [-0.1, -0.05) is 34.5 Å². The summed E-state index contributed by atoms with van der Waals surface area (Å²) < 4.78 is 8.61. The Morgan fingerprint density at radius 3 is 2.56 bits per heavy atom. The number of ether oxygens (including phenoxy) is 1. The molecule has 0 amide bonds. The second kappa shape index (κ2) is 6.23. The highest BCUT2D eigenvalue weighted by Crippen LogP contribution is 2.54. The number of fused-ring (bicyclic) bond motifs is 4. The Labute approximate surface area is 167 Å². The molecule has 2 aliphatic rings. The van der Waals surface area contributed by atoms with Crippen LogP contribution in [0.5, 0.6) is 5.75 Å². The van der Waals surface area contributed by atoms with Crippen LogP contribution in [0.1, 0.15) is 53.7 Å². The molecule has 1 heterocycles. The molecule has 5 rings (SSSR count). The molecule has 0 N–H and O–H groups in total. The molecule has 1 fully saturated rings. The molecule has 3 aromatic rings. The fraction of sp³-hybridized carbons (Fsp3) is 0.348. The topological polar surface area (TPSA) is 31.2 Å². The van der Waals surface area contributed by atoms with Gasteiger partial charge in [0.25, 0.3) is 0 Å². The molecule has 138 valence electrons. The molecule has 2 aliphatic carbocycles. The SMILES string of the molecule is COc1ccc(Cn2c3c(c4cc(Br)ccc42)C2(CCC2)CCC3=O)cc1. The summed E-state index contributed by atoms with van der Waals surface area (Å²) in [5, 5.41) is 1.25. The van der Waals surface area contributed by atoms with Crippen LogP contribution in [0.2, 0.25) is 0 Å². The minimum Gasteiger partial charge on any atom is -0.497 e. The minimum absolute atomic E-state index is 0.216. The number of ketones is 1. The lowest BCUT2D eigenvalue weighted by Gasteiger charge is -2.45. The third kappa shape index (κ3) is 2.57. The Balaban J connectivity index is 1.72. The van der Waals surface area contributed by atoms with E-state index in [1.54, 1.807) is 7.11 Å². The first-order valence-corrected chi connectivity index (χ1v) is 10.4. The Hall–Kier alpha value is -2.07. The van der Waals surface area contributed by atoms with Gasteiger partial charge in [0.1, 0.15) is 5.75 Å². The molecular formula is C23H22BrNO2. The van der Waals surface area contributed by atoms with Crippen molar-refractivity contribution in [2.45, 2.75) is 44.1 Å². The maximum Gasteiger partial charge on any atom is 0.179 e. The lowest BCUT2D eigenvalue weighted by Crippen LogP contribution is -2.39. The standard InChI is InChI=1S/C23H22BrNO2/c1-27-17-6-3-15(4-7-17)14-25-19-8-5-16(24)13-18(19)21-22(25)20(26)9-12-23(21)10-2-11-23/h3-8,13H,2,9-12,14H2,1H3. The van der Waals surface area contributed by atoms with Crippen molar-refractivity contribution < 1.29 is 9.53 Å². The molecule has 0 saturated heterocycles. The zero-order valence-corrected chi connectivity index (χ0v) is 17.0. The zero-order chi connectivity index (χ0) is 18.6. The van der Waals surface area contributed by atoms with Crippen molar-refractivity contribution in [2.75, 3.05) is 7.11 Å². The van der Waals surface area contributed by atoms with E-state index in [9.17, 15) is 4.79 Å². The van der Waals surface area contributed by atoms with Crippen LogP contribution in [0.15, 0.2) is 46.9 Å². The molecule has 2 aromatic carbocycles. The van der Waals surface area contributed by atoms with Gasteiger partial charge in [-0.25, -0.2) is 0 Å². The molecule has 1 aromatic heterocycles. The quantitative estimate of drug-likeness (QED) is 0.528. The molecule has 0 radical (unpaired) electrons. The first-order valence-electron chi connectivity index (χ1n) is 9.60. The average molecular weight is 424 g/mol. The van der Waals surface area contributed by atoms with Crippen molar-refractivity contribution >= 4 is 32.6 Å². The predicted molar refractivity (Wildman–Crippen MR) is 111 cm³/mol. The van der Waals surface area contributed by atoms with Crippen molar-refractivity contribution in [1.82, 2.24) is 4.57 Å². The maximum atomic E-state index is 13.0. The summed E-state index contributed by atoms with van der Waals surface area (Å²) in [6, 6.07) is 14.6. The van der Waals surface area contributed by atoms with Gasteiger partial charge >= 0.3 is 0 Å². The monoisotopic (exact) mass is 423 g/mol. The molecule has 0 bridgehead atoms. The number of aromatic nitrogens is 1. The number of carbonyl (C=O) groups is 1. The van der Waals surface area contributed by atoms with Gasteiger partial charge in [0.15, 0.2) is 5.78 Å². The number of hydrogen-bond donors (Lipinski definition) is 0. The van der Waals surface area contributed by atoms with Crippen LogP contribution in [0, 0.1) is 0 Å². The van der Waals surface area contributed by atoms with Gasteiger partial charge in [-0.3, -0.25) is 4.79 Å². The molecule has 3 nitrogen and oxygen atoms in total. The van der Waals surface area contributed by atoms with E-state index in [1.165, 1.54) is 41.3 Å². The molecule has 1 spiro atoms. The summed E-state index contributed by atoms with van der Waals surface area (Å²) in [5.74, 6) is 1.15. The van der Waals surface area contributed by atoms with Crippen LogP contribution in [0.4, 0.5) is 0 Å². The molecule has 0 aliphatic heterocycles. The van der Waals surface area contributed by atoms with Crippen LogP contribution in [-0.4, -0.2) is 17.5 Å². The van der Waals surface area contributed by atoms with Crippen LogP contribution in [0.3, 0.4) is 0 Å². The van der Waals surface area contributed by atoms with Crippen LogP contribution in [0.25, 0.3) is 10.9 Å². The van der Waals surface area contributed by atoms with E-state index in [1.807, 2.05) is 12.1 Å². The lowest BCUT2D eigenvalue weighted by atomic mass is 9.59. The van der Waals surface area contributed by atoms with E-state index in [2.05, 4.69) is 50.8 Å². The number of nitrogens with zero attached hydrogens (tertiary/aromatic N) is 1. The average Bonchev–Trinajstić information content (AvgIpc) is 2.96. The molecule has 4 heteroatoms. The summed E-state index contributed by atoms with van der Waals surface area (Å²) in [6.07, 6.45) is 5.37. The smallest absolute Gasteiger partial charge is 0.179 e. The fourth-order valence-corrected chi connectivity index (χ4v) is 5.29. The molecule has 0 unspecified atom stereocenters. The number of benzene rings is 2. The minimum atomic E-state index is 0.216. The Kier molecular flexibility index (Phi) is 3.94. The van der Waals surface area contributed by atoms with Gasteiger partial charge in [0.2, 0.25) is 0 Å². The largest absolute Gasteiger partial charge is 0.497 e. The second-order valence-corrected chi connectivity index (χ2v) is 8.79. The number of Topliss-reactive ketones (excluding diaryl/α,β-unsaturated/α-hetero) is 1. The van der Waals surface area contributed by atoms with Crippen LogP contribution in [-0.2, 0) is 12.0 Å². The van der Waals surface area contributed by atoms with E-state index in [0.29, 0.717) is 18.7 Å². The van der Waals surface area contributed by atoms with Gasteiger partial charge < -0.3 is 9.30 Å². The second-order valence-electron chi connectivity index (χ2n) is 7.88. The van der Waals surface area contributed by atoms with Gasteiger partial charge in [-0.15, -0.1) is 0 Å². The summed E-state index contributed by atoms with van der Waals surface area (Å²) in [7, 11) is 1.68. The van der Waals surface area contributed by atoms with E-state index in [4.69, 9.17) is 4.74 Å². The first-order chi connectivity index (χ1) is 13.1. The van der Waals surface area contributed by atoms with E-state index >= 15 is 0 Å². The van der Waals surface area contributed by atoms with Gasteiger partial charge in [-0.2, -0.15) is 0 Å². The molecule has 27 heavy (non-hydrogen) atoms. The van der Waals surface area contributed by atoms with Gasteiger partial charge in [0.05, 0.1) is 12.8 Å². The van der Waals surface area contributed by atoms with Crippen LogP contribution < -0.4 is 4.74 Å². The number of hydrogen-bond acceptors (Lipinski definition) is 2. The molecular weight excluding hydrogens is 402 g/mol. The number of rotatable bonds is 3. The third-order valence-electron chi connectivity index (χ3n) is 6.46. The lowest BCUT2D eigenvalue weighted by molar-refractivity contribution is 0.0911. The predicted octanol–water partition coefficient (Wildman–Crippen LogP) is 5.86. The highest BCUT2D eigenvalue weighted by atomic mass is 79.9. The first kappa shape index (κ1) is 17.1. The van der Waals surface area contributed by atoms with Crippen molar-refractivity contribution in [2.24, 2.45) is 0 Å². The Morgan fingerprint density at radius 2 is 1.89 bits per heavy atom. The molecule has 1 saturated carbocycles. The summed E-state index contributed by atoms with van der Waals surface area (Å²) >= 11 is 3.64. The third-order valence-corrected chi connectivity index (χ3v) is 6.95. The zero-order valence-electron chi connectivity index (χ0n) is 15.4. The van der Waals surface area contributed by atoms with Crippen molar-refractivity contribution in [1.29, 1.82) is 0 Å². The highest BCUT2D eigenvalue weighted by molar-refractivity contribution is 9.10.